The third-order valence-electron chi connectivity index (χ3n) is 4.43. The topological polar surface area (TPSA) is 162 Å². The highest BCUT2D eigenvalue weighted by Crippen LogP contribution is 2.17. The summed E-state index contributed by atoms with van der Waals surface area (Å²) in [6, 6.07) is 4.68. The Morgan fingerprint density at radius 1 is 1.14 bits per heavy atom. The van der Waals surface area contributed by atoms with E-state index >= 15 is 0 Å². The summed E-state index contributed by atoms with van der Waals surface area (Å²) in [7, 11) is 0. The molecule has 1 aromatic rings. The Morgan fingerprint density at radius 2 is 1.82 bits per heavy atom. The van der Waals surface area contributed by atoms with E-state index in [0.29, 0.717) is 19.4 Å². The number of hydrogen-bond donors (Lipinski definition) is 5. The number of amides is 3. The van der Waals surface area contributed by atoms with Gasteiger partial charge < -0.3 is 31.5 Å². The molecule has 2 rings (SSSR count). The van der Waals surface area contributed by atoms with Crippen molar-refractivity contribution in [3.63, 3.8) is 0 Å². The smallest absolute Gasteiger partial charge is 0.322 e. The average molecular weight is 392 g/mol. The molecule has 28 heavy (non-hydrogen) atoms. The number of benzene rings is 1. The molecular formula is C18H24N4O6. The van der Waals surface area contributed by atoms with Crippen LogP contribution in [0.25, 0.3) is 0 Å². The van der Waals surface area contributed by atoms with E-state index < -0.39 is 42.3 Å². The Labute approximate surface area is 161 Å². The number of nitrogens with zero attached hydrogens (tertiary/aromatic N) is 1. The monoisotopic (exact) mass is 392 g/mol. The van der Waals surface area contributed by atoms with Crippen molar-refractivity contribution in [2.45, 2.75) is 31.3 Å². The molecule has 0 saturated carbocycles. The van der Waals surface area contributed by atoms with Gasteiger partial charge in [-0.05, 0) is 37.0 Å². The molecule has 152 valence electrons. The van der Waals surface area contributed by atoms with E-state index in [-0.39, 0.29) is 18.7 Å². The molecule has 1 saturated heterocycles. The lowest BCUT2D eigenvalue weighted by atomic mass is 10.1. The van der Waals surface area contributed by atoms with Crippen molar-refractivity contribution in [3.8, 4) is 5.75 Å². The van der Waals surface area contributed by atoms with E-state index in [1.807, 2.05) is 0 Å². The average Bonchev–Trinajstić information content (AvgIpc) is 3.15. The van der Waals surface area contributed by atoms with Crippen LogP contribution in [-0.4, -0.2) is 70.5 Å². The van der Waals surface area contributed by atoms with Crippen LogP contribution in [-0.2, 0) is 25.6 Å². The van der Waals surface area contributed by atoms with Gasteiger partial charge in [0.1, 0.15) is 18.3 Å². The predicted molar refractivity (Wildman–Crippen MR) is 98.2 cm³/mol. The first-order chi connectivity index (χ1) is 13.3. The molecule has 0 aliphatic carbocycles. The normalized spacial score (nSPS) is 17.0. The Balaban J connectivity index is 1.82. The third-order valence-corrected chi connectivity index (χ3v) is 4.43. The summed E-state index contributed by atoms with van der Waals surface area (Å²) in [5.41, 5.74) is 6.62. The second-order valence-corrected chi connectivity index (χ2v) is 6.55. The van der Waals surface area contributed by atoms with Gasteiger partial charge in [0.15, 0.2) is 0 Å². The fourth-order valence-corrected chi connectivity index (χ4v) is 2.99. The molecule has 3 amide bonds. The predicted octanol–water partition coefficient (Wildman–Crippen LogP) is -1.43. The van der Waals surface area contributed by atoms with Crippen molar-refractivity contribution >= 4 is 23.7 Å². The number of likely N-dealkylation sites (tertiary alicyclic amines) is 1. The molecule has 0 radical (unpaired) electrons. The van der Waals surface area contributed by atoms with Crippen molar-refractivity contribution in [3.05, 3.63) is 29.8 Å². The molecule has 0 spiro atoms. The maximum atomic E-state index is 12.4. The highest BCUT2D eigenvalue weighted by atomic mass is 16.4. The Hall–Kier alpha value is -3.14. The summed E-state index contributed by atoms with van der Waals surface area (Å²) in [6.07, 6.45) is 1.29. The van der Waals surface area contributed by atoms with Crippen molar-refractivity contribution < 1.29 is 29.4 Å². The maximum absolute atomic E-state index is 12.4. The molecule has 1 aliphatic heterocycles. The molecular weight excluding hydrogens is 368 g/mol. The first-order valence-electron chi connectivity index (χ1n) is 8.88. The van der Waals surface area contributed by atoms with Crippen LogP contribution in [0.4, 0.5) is 0 Å². The lowest BCUT2D eigenvalue weighted by molar-refractivity contribution is -0.141. The second-order valence-electron chi connectivity index (χ2n) is 6.55. The van der Waals surface area contributed by atoms with Crippen LogP contribution in [0.3, 0.4) is 0 Å². The van der Waals surface area contributed by atoms with Gasteiger partial charge >= 0.3 is 5.97 Å². The Morgan fingerprint density at radius 3 is 2.46 bits per heavy atom. The first kappa shape index (κ1) is 21.2. The molecule has 1 fully saturated rings. The number of hydrogen-bond acceptors (Lipinski definition) is 6. The van der Waals surface area contributed by atoms with E-state index in [0.717, 1.165) is 5.56 Å². The highest BCUT2D eigenvalue weighted by Gasteiger charge is 2.34. The van der Waals surface area contributed by atoms with Crippen molar-refractivity contribution in [1.82, 2.24) is 15.5 Å². The maximum Gasteiger partial charge on any atom is 0.322 e. The highest BCUT2D eigenvalue weighted by molar-refractivity contribution is 5.92. The van der Waals surface area contributed by atoms with Gasteiger partial charge in [-0.2, -0.15) is 0 Å². The number of carbonyl (C=O) groups excluding carboxylic acids is 3. The molecule has 1 aromatic carbocycles. The van der Waals surface area contributed by atoms with Crippen LogP contribution in [0.5, 0.6) is 5.75 Å². The van der Waals surface area contributed by atoms with Crippen LogP contribution >= 0.6 is 0 Å². The number of rotatable bonds is 8. The van der Waals surface area contributed by atoms with E-state index in [9.17, 15) is 24.3 Å². The zero-order valence-corrected chi connectivity index (χ0v) is 15.3. The minimum atomic E-state index is -1.17. The number of carboxylic acids is 1. The standard InChI is InChI=1S/C18H24N4O6/c19-13(8-11-3-5-12(23)6-4-11)17(27)20-9-15(24)22-7-1-2-14(22)18(28)21-10-16(25)26/h3-6,13-14,23H,1-2,7-10,19H2,(H,20,27)(H,21,28)(H,25,26). The molecule has 2 atom stereocenters. The lowest BCUT2D eigenvalue weighted by Gasteiger charge is -2.24. The van der Waals surface area contributed by atoms with Gasteiger partial charge in [0, 0.05) is 6.54 Å². The molecule has 0 aromatic heterocycles. The molecule has 10 nitrogen and oxygen atoms in total. The van der Waals surface area contributed by atoms with Crippen molar-refractivity contribution in [2.24, 2.45) is 5.73 Å². The summed E-state index contributed by atoms with van der Waals surface area (Å²) in [6.45, 7) is -0.454. The van der Waals surface area contributed by atoms with Gasteiger partial charge in [-0.3, -0.25) is 19.2 Å². The van der Waals surface area contributed by atoms with E-state index in [1.54, 1.807) is 12.1 Å². The lowest BCUT2D eigenvalue weighted by Crippen LogP contribution is -2.51. The fraction of sp³-hybridized carbons (Fsp3) is 0.444. The first-order valence-corrected chi connectivity index (χ1v) is 8.88. The zero-order chi connectivity index (χ0) is 20.7. The summed E-state index contributed by atoms with van der Waals surface area (Å²) in [5.74, 6) is -2.52. The van der Waals surface area contributed by atoms with Gasteiger partial charge in [0.2, 0.25) is 17.7 Å². The van der Waals surface area contributed by atoms with E-state index in [1.165, 1.54) is 17.0 Å². The van der Waals surface area contributed by atoms with Gasteiger partial charge in [-0.1, -0.05) is 12.1 Å². The van der Waals surface area contributed by atoms with Crippen LogP contribution in [0.2, 0.25) is 0 Å². The number of nitrogens with one attached hydrogen (secondary N) is 2. The molecule has 2 unspecified atom stereocenters. The van der Waals surface area contributed by atoms with Crippen LogP contribution in [0, 0.1) is 0 Å². The van der Waals surface area contributed by atoms with Gasteiger partial charge in [-0.15, -0.1) is 0 Å². The number of phenols is 1. The number of carboxylic acid groups (broad SMARTS) is 1. The Kier molecular flexibility index (Phi) is 7.33. The van der Waals surface area contributed by atoms with Gasteiger partial charge in [-0.25, -0.2) is 0 Å². The molecule has 1 heterocycles. The Bertz CT molecular complexity index is 736. The summed E-state index contributed by atoms with van der Waals surface area (Å²) in [5, 5.41) is 22.6. The number of nitrogens with two attached hydrogens (primary N) is 1. The largest absolute Gasteiger partial charge is 0.508 e. The zero-order valence-electron chi connectivity index (χ0n) is 15.3. The van der Waals surface area contributed by atoms with Gasteiger partial charge in [0.05, 0.1) is 12.6 Å². The molecule has 10 heteroatoms. The van der Waals surface area contributed by atoms with Crippen LogP contribution in [0.1, 0.15) is 18.4 Å². The van der Waals surface area contributed by atoms with Crippen LogP contribution in [0.15, 0.2) is 24.3 Å². The summed E-state index contributed by atoms with van der Waals surface area (Å²) >= 11 is 0. The van der Waals surface area contributed by atoms with E-state index in [2.05, 4.69) is 10.6 Å². The molecule has 6 N–H and O–H groups in total. The SMILES string of the molecule is NC(Cc1ccc(O)cc1)C(=O)NCC(=O)N1CCCC1C(=O)NCC(=O)O. The quantitative estimate of drug-likeness (QED) is 0.362. The third kappa shape index (κ3) is 5.95. The van der Waals surface area contributed by atoms with Crippen molar-refractivity contribution in [1.29, 1.82) is 0 Å². The van der Waals surface area contributed by atoms with E-state index in [4.69, 9.17) is 10.8 Å². The minimum Gasteiger partial charge on any atom is -0.508 e. The van der Waals surface area contributed by atoms with Crippen molar-refractivity contribution in [2.75, 3.05) is 19.6 Å². The molecule has 1 aliphatic rings. The van der Waals surface area contributed by atoms with Crippen LogP contribution < -0.4 is 16.4 Å². The molecule has 0 bridgehead atoms. The number of phenolic OH excluding ortho intramolecular Hbond substituents is 1. The minimum absolute atomic E-state index is 0.111. The fourth-order valence-electron chi connectivity index (χ4n) is 2.99. The number of aliphatic carboxylic acids is 1. The van der Waals surface area contributed by atoms with Gasteiger partial charge in [0.25, 0.3) is 0 Å². The second kappa shape index (κ2) is 9.70. The summed E-state index contributed by atoms with van der Waals surface area (Å²) in [4.78, 5) is 48.4. The number of aromatic hydroxyl groups is 1. The number of carbonyl (C=O) groups is 4. The summed E-state index contributed by atoms with van der Waals surface area (Å²) < 4.78 is 0.